The summed E-state index contributed by atoms with van der Waals surface area (Å²) in [6.07, 6.45) is 2.99. The highest BCUT2D eigenvalue weighted by Crippen LogP contribution is 2.12. The first-order valence-electron chi connectivity index (χ1n) is 7.33. The van der Waals surface area contributed by atoms with E-state index in [2.05, 4.69) is 11.8 Å². The van der Waals surface area contributed by atoms with E-state index in [0.29, 0.717) is 5.06 Å². The monoisotopic (exact) mass is 305 g/mol. The summed E-state index contributed by atoms with van der Waals surface area (Å²) in [5, 5.41) is 10.8. The van der Waals surface area contributed by atoms with Gasteiger partial charge in [-0.25, -0.2) is 5.06 Å². The molecule has 0 unspecified atom stereocenters. The summed E-state index contributed by atoms with van der Waals surface area (Å²) in [7, 11) is 0. The minimum atomic E-state index is -0.992. The highest BCUT2D eigenvalue weighted by atomic mass is 16.5. The summed E-state index contributed by atoms with van der Waals surface area (Å²) in [5.74, 6) is 5.38. The largest absolute Gasteiger partial charge is 0.284 e. The molecule has 0 saturated carbocycles. The quantitative estimate of drug-likeness (QED) is 0.406. The van der Waals surface area contributed by atoms with Gasteiger partial charge < -0.3 is 0 Å². The van der Waals surface area contributed by atoms with Crippen molar-refractivity contribution < 1.29 is 10.0 Å². The van der Waals surface area contributed by atoms with Gasteiger partial charge >= 0.3 is 0 Å². The van der Waals surface area contributed by atoms with Gasteiger partial charge in [-0.3, -0.25) is 10.0 Å². The third-order valence-electron chi connectivity index (χ3n) is 3.24. The average Bonchev–Trinajstić information content (AvgIpc) is 2.59. The summed E-state index contributed by atoms with van der Waals surface area (Å²) in [5.41, 5.74) is 0.734. The van der Waals surface area contributed by atoms with E-state index < -0.39 is 11.4 Å². The fourth-order valence-electron chi connectivity index (χ4n) is 1.88. The molecule has 3 heteroatoms. The summed E-state index contributed by atoms with van der Waals surface area (Å²) >= 11 is 0. The SMILES string of the molecule is CC(C)(C#Cc1ccccc1)N(O)C(=O)C=Cc1ccccc1. The van der Waals surface area contributed by atoms with E-state index in [4.69, 9.17) is 0 Å². The third-order valence-corrected chi connectivity index (χ3v) is 3.24. The molecule has 2 aromatic carbocycles. The summed E-state index contributed by atoms with van der Waals surface area (Å²) in [6, 6.07) is 18.9. The molecule has 0 aliphatic heterocycles. The molecule has 23 heavy (non-hydrogen) atoms. The Hall–Kier alpha value is -2.83. The number of nitrogens with zero attached hydrogens (tertiary/aromatic N) is 1. The molecule has 0 radical (unpaired) electrons. The van der Waals surface area contributed by atoms with Crippen LogP contribution in [0.25, 0.3) is 6.08 Å². The second-order valence-electron chi connectivity index (χ2n) is 5.57. The predicted molar refractivity (Wildman–Crippen MR) is 91.5 cm³/mol. The lowest BCUT2D eigenvalue weighted by Gasteiger charge is -2.27. The summed E-state index contributed by atoms with van der Waals surface area (Å²) in [4.78, 5) is 12.1. The molecule has 1 N–H and O–H groups in total. The Bertz CT molecular complexity index is 737. The lowest BCUT2D eigenvalue weighted by atomic mass is 10.0. The number of carbonyl (C=O) groups excluding carboxylic acids is 1. The van der Waals surface area contributed by atoms with Crippen molar-refractivity contribution in [2.45, 2.75) is 19.4 Å². The molecule has 116 valence electrons. The van der Waals surface area contributed by atoms with Gasteiger partial charge in [0.15, 0.2) is 0 Å². The van der Waals surface area contributed by atoms with Gasteiger partial charge in [-0.15, -0.1) is 0 Å². The van der Waals surface area contributed by atoms with Crippen molar-refractivity contribution in [3.8, 4) is 11.8 Å². The predicted octanol–water partition coefficient (Wildman–Crippen LogP) is 3.75. The molecule has 0 aliphatic rings. The van der Waals surface area contributed by atoms with Gasteiger partial charge in [-0.1, -0.05) is 60.4 Å². The fraction of sp³-hybridized carbons (Fsp3) is 0.150. The maximum atomic E-state index is 12.1. The van der Waals surface area contributed by atoms with Crippen LogP contribution in [-0.4, -0.2) is 21.7 Å². The molecule has 2 rings (SSSR count). The molecule has 1 amide bonds. The lowest BCUT2D eigenvalue weighted by Crippen LogP contribution is -2.43. The van der Waals surface area contributed by atoms with E-state index in [1.165, 1.54) is 6.08 Å². The molecule has 0 spiro atoms. The van der Waals surface area contributed by atoms with E-state index in [-0.39, 0.29) is 0 Å². The smallest absolute Gasteiger partial charge is 0.271 e. The van der Waals surface area contributed by atoms with Crippen molar-refractivity contribution in [1.82, 2.24) is 5.06 Å². The van der Waals surface area contributed by atoms with Crippen LogP contribution in [-0.2, 0) is 4.79 Å². The number of benzene rings is 2. The molecule has 0 fully saturated rings. The first-order chi connectivity index (χ1) is 11.0. The molecule has 3 nitrogen and oxygen atoms in total. The van der Waals surface area contributed by atoms with Gasteiger partial charge in [0.05, 0.1) is 0 Å². The molecular formula is C20H19NO2. The molecule has 0 saturated heterocycles. The highest BCUT2D eigenvalue weighted by molar-refractivity contribution is 5.91. The van der Waals surface area contributed by atoms with Crippen LogP contribution in [0, 0.1) is 11.8 Å². The van der Waals surface area contributed by atoms with Crippen LogP contribution in [0.5, 0.6) is 0 Å². The van der Waals surface area contributed by atoms with Crippen molar-refractivity contribution in [3.05, 3.63) is 77.9 Å². The van der Waals surface area contributed by atoms with E-state index in [9.17, 15) is 10.0 Å². The number of hydroxylamine groups is 2. The van der Waals surface area contributed by atoms with Crippen LogP contribution in [0.1, 0.15) is 25.0 Å². The Morgan fingerprint density at radius 3 is 2.22 bits per heavy atom. The molecule has 0 heterocycles. The first-order valence-corrected chi connectivity index (χ1v) is 7.33. The Morgan fingerprint density at radius 2 is 1.61 bits per heavy atom. The van der Waals surface area contributed by atoms with Gasteiger partial charge in [0.2, 0.25) is 0 Å². The van der Waals surface area contributed by atoms with Crippen molar-refractivity contribution in [3.63, 3.8) is 0 Å². The van der Waals surface area contributed by atoms with Crippen LogP contribution in [0.2, 0.25) is 0 Å². The average molecular weight is 305 g/mol. The van der Waals surface area contributed by atoms with E-state index >= 15 is 0 Å². The normalized spacial score (nSPS) is 10.9. The van der Waals surface area contributed by atoms with Crippen molar-refractivity contribution in [2.24, 2.45) is 0 Å². The van der Waals surface area contributed by atoms with Gasteiger partial charge in [-0.2, -0.15) is 0 Å². The first kappa shape index (κ1) is 16.5. The van der Waals surface area contributed by atoms with E-state index in [0.717, 1.165) is 11.1 Å². The maximum Gasteiger partial charge on any atom is 0.271 e. The Morgan fingerprint density at radius 1 is 1.04 bits per heavy atom. The zero-order valence-corrected chi connectivity index (χ0v) is 13.2. The molecular weight excluding hydrogens is 286 g/mol. The summed E-state index contributed by atoms with van der Waals surface area (Å²) < 4.78 is 0. The Balaban J connectivity index is 2.08. The molecule has 2 aromatic rings. The van der Waals surface area contributed by atoms with Crippen LogP contribution in [0.15, 0.2) is 66.7 Å². The lowest BCUT2D eigenvalue weighted by molar-refractivity contribution is -0.175. The van der Waals surface area contributed by atoms with Gasteiger partial charge in [-0.05, 0) is 37.6 Å². The molecule has 0 aliphatic carbocycles. The standard InChI is InChI=1S/C20H19NO2/c1-20(2,16-15-18-11-7-4-8-12-18)21(23)19(22)14-13-17-9-5-3-6-10-17/h3-14,23H,1-2H3. The molecule has 0 bridgehead atoms. The second-order valence-corrected chi connectivity index (χ2v) is 5.57. The van der Waals surface area contributed by atoms with Crippen LogP contribution < -0.4 is 0 Å². The van der Waals surface area contributed by atoms with Crippen molar-refractivity contribution in [1.29, 1.82) is 0 Å². The van der Waals surface area contributed by atoms with Gasteiger partial charge in [0.25, 0.3) is 5.91 Å². The van der Waals surface area contributed by atoms with E-state index in [1.807, 2.05) is 60.7 Å². The Kier molecular flexibility index (Phi) is 5.35. The van der Waals surface area contributed by atoms with Crippen LogP contribution >= 0.6 is 0 Å². The number of rotatable bonds is 3. The molecule has 0 aromatic heterocycles. The fourth-order valence-corrected chi connectivity index (χ4v) is 1.88. The topological polar surface area (TPSA) is 40.5 Å². The van der Waals surface area contributed by atoms with Gasteiger partial charge in [0.1, 0.15) is 5.54 Å². The summed E-state index contributed by atoms with van der Waals surface area (Å²) in [6.45, 7) is 3.38. The minimum Gasteiger partial charge on any atom is -0.284 e. The highest BCUT2D eigenvalue weighted by Gasteiger charge is 2.26. The zero-order valence-electron chi connectivity index (χ0n) is 13.2. The van der Waals surface area contributed by atoms with Crippen LogP contribution in [0.4, 0.5) is 0 Å². The van der Waals surface area contributed by atoms with E-state index in [1.54, 1.807) is 19.9 Å². The molecule has 0 atom stereocenters. The Labute approximate surface area is 136 Å². The minimum absolute atomic E-state index is 0.513. The van der Waals surface area contributed by atoms with Crippen molar-refractivity contribution >= 4 is 12.0 Å². The maximum absolute atomic E-state index is 12.1. The second kappa shape index (κ2) is 7.44. The van der Waals surface area contributed by atoms with Crippen LogP contribution in [0.3, 0.4) is 0 Å². The zero-order chi connectivity index (χ0) is 16.7. The van der Waals surface area contributed by atoms with Gasteiger partial charge in [0, 0.05) is 11.6 Å². The van der Waals surface area contributed by atoms with Crippen molar-refractivity contribution in [2.75, 3.05) is 0 Å². The third kappa shape index (κ3) is 4.84. The number of hydrogen-bond acceptors (Lipinski definition) is 2. The number of carbonyl (C=O) groups is 1. The number of amides is 1. The number of hydrogen-bond donors (Lipinski definition) is 1.